The Morgan fingerprint density at radius 3 is 2.75 bits per heavy atom. The number of carbonyl (C=O) groups is 1. The van der Waals surface area contributed by atoms with E-state index < -0.39 is 5.97 Å². The van der Waals surface area contributed by atoms with Crippen molar-refractivity contribution in [3.63, 3.8) is 0 Å². The summed E-state index contributed by atoms with van der Waals surface area (Å²) in [5.74, 6) is -0.214. The van der Waals surface area contributed by atoms with Crippen LogP contribution in [0.25, 0.3) is 0 Å². The third kappa shape index (κ3) is 3.98. The Labute approximate surface area is 119 Å². The Balaban J connectivity index is 1.91. The van der Waals surface area contributed by atoms with Gasteiger partial charge < -0.3 is 10.0 Å². The van der Waals surface area contributed by atoms with Crippen LogP contribution in [0.4, 0.5) is 0 Å². The van der Waals surface area contributed by atoms with Crippen LogP contribution in [-0.4, -0.2) is 64.6 Å². The quantitative estimate of drug-likeness (QED) is 0.864. The molecule has 0 radical (unpaired) electrons. The van der Waals surface area contributed by atoms with E-state index in [4.69, 9.17) is 5.11 Å². The SMILES string of the molecule is CN(C)CC1CCN(Cc2ncncc2C(=O)O)CC1. The molecule has 0 aliphatic carbocycles. The highest BCUT2D eigenvalue weighted by atomic mass is 16.4. The van der Waals surface area contributed by atoms with Gasteiger partial charge in [-0.05, 0) is 45.9 Å². The van der Waals surface area contributed by atoms with Gasteiger partial charge >= 0.3 is 5.97 Å². The van der Waals surface area contributed by atoms with Gasteiger partial charge in [-0.1, -0.05) is 0 Å². The average Bonchev–Trinajstić information content (AvgIpc) is 2.41. The summed E-state index contributed by atoms with van der Waals surface area (Å²) in [5.41, 5.74) is 0.821. The molecule has 0 aromatic carbocycles. The molecular weight excluding hydrogens is 256 g/mol. The molecule has 0 saturated carbocycles. The van der Waals surface area contributed by atoms with Crippen LogP contribution in [0.2, 0.25) is 0 Å². The molecule has 1 aromatic heterocycles. The lowest BCUT2D eigenvalue weighted by Crippen LogP contribution is -2.37. The number of hydrogen-bond donors (Lipinski definition) is 1. The van der Waals surface area contributed by atoms with Gasteiger partial charge in [-0.15, -0.1) is 0 Å². The Hall–Kier alpha value is -1.53. The van der Waals surface area contributed by atoms with E-state index in [0.717, 1.165) is 38.4 Å². The standard InChI is InChI=1S/C14H22N4O2/c1-17(2)8-11-3-5-18(6-4-11)9-13-12(14(19)20)7-15-10-16-13/h7,10-11H,3-6,8-9H2,1-2H3,(H,19,20). The fourth-order valence-corrected chi connectivity index (χ4v) is 2.71. The van der Waals surface area contributed by atoms with Crippen molar-refractivity contribution in [3.05, 3.63) is 23.8 Å². The zero-order valence-electron chi connectivity index (χ0n) is 12.1. The highest BCUT2D eigenvalue weighted by molar-refractivity contribution is 5.88. The summed E-state index contributed by atoms with van der Waals surface area (Å²) in [6.07, 6.45) is 5.11. The van der Waals surface area contributed by atoms with Crippen molar-refractivity contribution in [3.8, 4) is 0 Å². The van der Waals surface area contributed by atoms with E-state index in [1.54, 1.807) is 0 Å². The summed E-state index contributed by atoms with van der Waals surface area (Å²) in [4.78, 5) is 23.5. The van der Waals surface area contributed by atoms with E-state index in [-0.39, 0.29) is 5.56 Å². The Kier molecular flexibility index (Phi) is 5.03. The van der Waals surface area contributed by atoms with Crippen LogP contribution in [-0.2, 0) is 6.54 Å². The first kappa shape index (κ1) is 14.9. The highest BCUT2D eigenvalue weighted by Gasteiger charge is 2.21. The molecule has 0 bridgehead atoms. The van der Waals surface area contributed by atoms with Crippen molar-refractivity contribution in [2.75, 3.05) is 33.7 Å². The second-order valence-electron chi connectivity index (χ2n) is 5.67. The van der Waals surface area contributed by atoms with Gasteiger partial charge in [-0.2, -0.15) is 0 Å². The fraction of sp³-hybridized carbons (Fsp3) is 0.643. The average molecular weight is 278 g/mol. The van der Waals surface area contributed by atoms with Crippen molar-refractivity contribution >= 4 is 5.97 Å². The molecule has 1 fully saturated rings. The minimum Gasteiger partial charge on any atom is -0.478 e. The lowest BCUT2D eigenvalue weighted by molar-refractivity contribution is 0.0692. The Bertz CT molecular complexity index is 456. The molecule has 1 aliphatic rings. The smallest absolute Gasteiger partial charge is 0.339 e. The van der Waals surface area contributed by atoms with E-state index in [2.05, 4.69) is 33.9 Å². The van der Waals surface area contributed by atoms with Crippen LogP contribution in [0, 0.1) is 5.92 Å². The van der Waals surface area contributed by atoms with Crippen molar-refractivity contribution < 1.29 is 9.90 Å². The lowest BCUT2D eigenvalue weighted by atomic mass is 9.96. The van der Waals surface area contributed by atoms with Gasteiger partial charge in [0.05, 0.1) is 5.69 Å². The predicted molar refractivity (Wildman–Crippen MR) is 75.5 cm³/mol. The molecule has 6 heteroatoms. The van der Waals surface area contributed by atoms with Crippen molar-refractivity contribution in [1.29, 1.82) is 0 Å². The second-order valence-corrected chi connectivity index (χ2v) is 5.67. The first-order chi connectivity index (χ1) is 9.56. The second kappa shape index (κ2) is 6.76. The molecule has 1 saturated heterocycles. The number of hydrogen-bond acceptors (Lipinski definition) is 5. The summed E-state index contributed by atoms with van der Waals surface area (Å²) in [7, 11) is 4.21. The number of likely N-dealkylation sites (tertiary alicyclic amines) is 1. The lowest BCUT2D eigenvalue weighted by Gasteiger charge is -2.33. The van der Waals surface area contributed by atoms with E-state index >= 15 is 0 Å². The molecule has 20 heavy (non-hydrogen) atoms. The van der Waals surface area contributed by atoms with Gasteiger partial charge in [0.2, 0.25) is 0 Å². The molecule has 0 spiro atoms. The largest absolute Gasteiger partial charge is 0.478 e. The number of rotatable bonds is 5. The number of piperidine rings is 1. The van der Waals surface area contributed by atoms with Crippen LogP contribution < -0.4 is 0 Å². The summed E-state index contributed by atoms with van der Waals surface area (Å²) >= 11 is 0. The number of carboxylic acid groups (broad SMARTS) is 1. The summed E-state index contributed by atoms with van der Waals surface area (Å²) in [6.45, 7) is 3.73. The first-order valence-corrected chi connectivity index (χ1v) is 6.95. The Morgan fingerprint density at radius 2 is 2.15 bits per heavy atom. The van der Waals surface area contributed by atoms with E-state index in [1.165, 1.54) is 12.5 Å². The molecule has 0 unspecified atom stereocenters. The number of aromatic carboxylic acids is 1. The van der Waals surface area contributed by atoms with Crippen LogP contribution >= 0.6 is 0 Å². The van der Waals surface area contributed by atoms with Crippen LogP contribution in [0.3, 0.4) is 0 Å². The van der Waals surface area contributed by atoms with Gasteiger partial charge in [0.25, 0.3) is 0 Å². The fourth-order valence-electron chi connectivity index (χ4n) is 2.71. The maximum absolute atomic E-state index is 11.1. The minimum absolute atomic E-state index is 0.211. The monoisotopic (exact) mass is 278 g/mol. The van der Waals surface area contributed by atoms with E-state index in [0.29, 0.717) is 12.2 Å². The van der Waals surface area contributed by atoms with Crippen molar-refractivity contribution in [2.45, 2.75) is 19.4 Å². The number of aromatic nitrogens is 2. The molecule has 1 aromatic rings. The van der Waals surface area contributed by atoms with Crippen molar-refractivity contribution in [2.24, 2.45) is 5.92 Å². The van der Waals surface area contributed by atoms with Crippen LogP contribution in [0.1, 0.15) is 28.9 Å². The van der Waals surface area contributed by atoms with Crippen molar-refractivity contribution in [1.82, 2.24) is 19.8 Å². The molecular formula is C14H22N4O2. The van der Waals surface area contributed by atoms with Gasteiger partial charge in [0.1, 0.15) is 11.9 Å². The summed E-state index contributed by atoms with van der Waals surface area (Å²) in [6, 6.07) is 0. The zero-order valence-corrected chi connectivity index (χ0v) is 12.1. The molecule has 1 aliphatic heterocycles. The molecule has 0 amide bonds. The summed E-state index contributed by atoms with van der Waals surface area (Å²) < 4.78 is 0. The normalized spacial score (nSPS) is 17.6. The van der Waals surface area contributed by atoms with E-state index in [9.17, 15) is 4.79 Å². The Morgan fingerprint density at radius 1 is 1.45 bits per heavy atom. The van der Waals surface area contributed by atoms with Crippen LogP contribution in [0.5, 0.6) is 0 Å². The maximum atomic E-state index is 11.1. The third-order valence-electron chi connectivity index (χ3n) is 3.73. The maximum Gasteiger partial charge on any atom is 0.339 e. The predicted octanol–water partition coefficient (Wildman–Crippen LogP) is 0.948. The third-order valence-corrected chi connectivity index (χ3v) is 3.73. The van der Waals surface area contributed by atoms with E-state index in [1.807, 2.05) is 0 Å². The minimum atomic E-state index is -0.955. The van der Waals surface area contributed by atoms with Gasteiger partial charge in [0.15, 0.2) is 0 Å². The molecule has 1 N–H and O–H groups in total. The highest BCUT2D eigenvalue weighted by Crippen LogP contribution is 2.19. The molecule has 110 valence electrons. The summed E-state index contributed by atoms with van der Waals surface area (Å²) in [5, 5.41) is 9.13. The van der Waals surface area contributed by atoms with Crippen LogP contribution in [0.15, 0.2) is 12.5 Å². The molecule has 0 atom stereocenters. The van der Waals surface area contributed by atoms with Gasteiger partial charge in [0, 0.05) is 19.3 Å². The number of nitrogens with zero attached hydrogens (tertiary/aromatic N) is 4. The zero-order chi connectivity index (χ0) is 14.5. The van der Waals surface area contributed by atoms with Gasteiger partial charge in [-0.25, -0.2) is 14.8 Å². The topological polar surface area (TPSA) is 69.6 Å². The van der Waals surface area contributed by atoms with Gasteiger partial charge in [-0.3, -0.25) is 4.90 Å². The molecule has 2 rings (SSSR count). The first-order valence-electron chi connectivity index (χ1n) is 6.95. The molecule has 6 nitrogen and oxygen atoms in total. The molecule has 2 heterocycles. The number of carboxylic acids is 1.